The predicted molar refractivity (Wildman–Crippen MR) is 293 cm³/mol. The molecule has 0 aromatic heterocycles. The summed E-state index contributed by atoms with van der Waals surface area (Å²) in [5.74, 6) is -0.876. The molecule has 0 aromatic carbocycles. The van der Waals surface area contributed by atoms with Gasteiger partial charge in [-0.05, 0) is 44.9 Å². The van der Waals surface area contributed by atoms with E-state index in [1.807, 2.05) is 0 Å². The van der Waals surface area contributed by atoms with Gasteiger partial charge >= 0.3 is 17.9 Å². The van der Waals surface area contributed by atoms with Crippen LogP contribution in [0.15, 0.2) is 12.2 Å². The lowest BCUT2D eigenvalue weighted by Gasteiger charge is -2.18. The lowest BCUT2D eigenvalue weighted by molar-refractivity contribution is -0.167. The molecule has 0 saturated heterocycles. The fourth-order valence-electron chi connectivity index (χ4n) is 9.38. The Morgan fingerprint density at radius 2 is 0.485 bits per heavy atom. The Hall–Kier alpha value is -1.85. The zero-order valence-corrected chi connectivity index (χ0v) is 46.2. The standard InChI is InChI=1S/C62H118O6/c1-4-7-10-13-15-17-19-21-22-23-24-25-26-27-28-29-30-31-32-33-34-35-36-37-38-39-40-41-43-44-46-49-52-55-61(64)67-58-59(57-66-60(63)54-51-48-12-9-6-3)68-62(65)56-53-50-47-45-42-20-18-16-14-11-8-5-2/h16,18,59H,4-15,17,19-58H2,1-3H3/b18-16-. The minimum atomic E-state index is -0.766. The second-order valence-corrected chi connectivity index (χ2v) is 21.0. The third-order valence-electron chi connectivity index (χ3n) is 14.0. The van der Waals surface area contributed by atoms with Crippen molar-refractivity contribution in [3.05, 3.63) is 12.2 Å². The number of carbonyl (C=O) groups is 3. The van der Waals surface area contributed by atoms with E-state index in [1.165, 1.54) is 238 Å². The number of unbranched alkanes of at least 4 members (excludes halogenated alkanes) is 44. The average molecular weight is 960 g/mol. The van der Waals surface area contributed by atoms with Gasteiger partial charge in [-0.1, -0.05) is 296 Å². The summed E-state index contributed by atoms with van der Waals surface area (Å²) < 4.78 is 16.7. The number of hydrogen-bond acceptors (Lipinski definition) is 6. The first-order valence-corrected chi connectivity index (χ1v) is 30.7. The highest BCUT2D eigenvalue weighted by atomic mass is 16.6. The number of rotatable bonds is 57. The summed E-state index contributed by atoms with van der Waals surface area (Å²) in [6.07, 6.45) is 67.3. The summed E-state index contributed by atoms with van der Waals surface area (Å²) in [7, 11) is 0. The summed E-state index contributed by atoms with van der Waals surface area (Å²) in [6.45, 7) is 6.57. The van der Waals surface area contributed by atoms with Crippen LogP contribution in [0, 0.1) is 0 Å². The Balaban J connectivity index is 3.81. The van der Waals surface area contributed by atoms with Crippen molar-refractivity contribution in [3.8, 4) is 0 Å². The van der Waals surface area contributed by atoms with E-state index in [0.29, 0.717) is 19.3 Å². The molecular weight excluding hydrogens is 841 g/mol. The van der Waals surface area contributed by atoms with Gasteiger partial charge in [-0.15, -0.1) is 0 Å². The molecule has 0 N–H and O–H groups in total. The summed E-state index contributed by atoms with van der Waals surface area (Å²) >= 11 is 0. The molecule has 0 radical (unpaired) electrons. The minimum Gasteiger partial charge on any atom is -0.462 e. The van der Waals surface area contributed by atoms with Crippen molar-refractivity contribution in [2.75, 3.05) is 13.2 Å². The first-order chi connectivity index (χ1) is 33.5. The SMILES string of the molecule is CCCCC/C=C\CCCCCCCC(=O)OC(COC(=O)CCCCCCC)COC(=O)CCCCCCCCCCCCCCCCCCCCCCCCCCCCCCCCCCC. The van der Waals surface area contributed by atoms with Crippen molar-refractivity contribution in [2.24, 2.45) is 0 Å². The molecule has 0 aliphatic heterocycles. The molecule has 0 aliphatic carbocycles. The highest BCUT2D eigenvalue weighted by molar-refractivity contribution is 5.71. The quantitative estimate of drug-likeness (QED) is 0.0262. The third-order valence-corrected chi connectivity index (χ3v) is 14.0. The number of carbonyl (C=O) groups excluding carboxylic acids is 3. The van der Waals surface area contributed by atoms with Gasteiger partial charge in [0.1, 0.15) is 13.2 Å². The maximum absolute atomic E-state index is 12.7. The Bertz CT molecular complexity index is 1060. The van der Waals surface area contributed by atoms with Crippen molar-refractivity contribution in [1.29, 1.82) is 0 Å². The lowest BCUT2D eigenvalue weighted by atomic mass is 10.0. The average Bonchev–Trinajstić information content (AvgIpc) is 3.34. The fraction of sp³-hybridized carbons (Fsp3) is 0.919. The molecule has 1 atom stereocenters. The first kappa shape index (κ1) is 66.2. The van der Waals surface area contributed by atoms with Crippen molar-refractivity contribution in [3.63, 3.8) is 0 Å². The van der Waals surface area contributed by atoms with Gasteiger partial charge in [0.05, 0.1) is 0 Å². The van der Waals surface area contributed by atoms with Gasteiger partial charge in [0.25, 0.3) is 0 Å². The molecule has 0 aromatic rings. The van der Waals surface area contributed by atoms with E-state index in [2.05, 4.69) is 32.9 Å². The van der Waals surface area contributed by atoms with E-state index in [0.717, 1.165) is 70.6 Å². The zero-order valence-electron chi connectivity index (χ0n) is 46.2. The monoisotopic (exact) mass is 959 g/mol. The Kier molecular flexibility index (Phi) is 56.2. The predicted octanol–water partition coefficient (Wildman–Crippen LogP) is 20.5. The second kappa shape index (κ2) is 57.7. The highest BCUT2D eigenvalue weighted by Gasteiger charge is 2.19. The van der Waals surface area contributed by atoms with Crippen LogP contribution < -0.4 is 0 Å². The molecule has 0 bridgehead atoms. The van der Waals surface area contributed by atoms with Crippen LogP contribution in [0.25, 0.3) is 0 Å². The topological polar surface area (TPSA) is 78.9 Å². The van der Waals surface area contributed by atoms with Crippen molar-refractivity contribution in [1.82, 2.24) is 0 Å². The molecule has 68 heavy (non-hydrogen) atoms. The van der Waals surface area contributed by atoms with Gasteiger partial charge in [-0.2, -0.15) is 0 Å². The van der Waals surface area contributed by atoms with E-state index in [-0.39, 0.29) is 31.1 Å². The largest absolute Gasteiger partial charge is 0.462 e. The summed E-state index contributed by atoms with van der Waals surface area (Å²) in [5, 5.41) is 0. The fourth-order valence-corrected chi connectivity index (χ4v) is 9.38. The molecule has 402 valence electrons. The van der Waals surface area contributed by atoms with Gasteiger partial charge in [-0.25, -0.2) is 0 Å². The Morgan fingerprint density at radius 3 is 0.765 bits per heavy atom. The summed E-state index contributed by atoms with van der Waals surface area (Å²) in [5.41, 5.74) is 0. The van der Waals surface area contributed by atoms with Crippen LogP contribution >= 0.6 is 0 Å². The highest BCUT2D eigenvalue weighted by Crippen LogP contribution is 2.18. The van der Waals surface area contributed by atoms with E-state index in [9.17, 15) is 14.4 Å². The molecule has 1 unspecified atom stereocenters. The Morgan fingerprint density at radius 1 is 0.279 bits per heavy atom. The molecular formula is C62H118O6. The molecule has 6 nitrogen and oxygen atoms in total. The summed E-state index contributed by atoms with van der Waals surface area (Å²) in [4.78, 5) is 37.7. The van der Waals surface area contributed by atoms with Crippen LogP contribution in [0.4, 0.5) is 0 Å². The van der Waals surface area contributed by atoms with Gasteiger partial charge in [0.2, 0.25) is 0 Å². The molecule has 0 fully saturated rings. The van der Waals surface area contributed by atoms with Crippen LogP contribution in [0.3, 0.4) is 0 Å². The van der Waals surface area contributed by atoms with Crippen LogP contribution in [0.1, 0.15) is 348 Å². The first-order valence-electron chi connectivity index (χ1n) is 30.7. The maximum Gasteiger partial charge on any atom is 0.306 e. The van der Waals surface area contributed by atoms with Crippen molar-refractivity contribution in [2.45, 2.75) is 354 Å². The molecule has 0 saturated carbocycles. The van der Waals surface area contributed by atoms with Crippen LogP contribution in [0.2, 0.25) is 0 Å². The van der Waals surface area contributed by atoms with Gasteiger partial charge < -0.3 is 14.2 Å². The summed E-state index contributed by atoms with van der Waals surface area (Å²) in [6, 6.07) is 0. The Labute approximate surface area is 424 Å². The van der Waals surface area contributed by atoms with Gasteiger partial charge in [0, 0.05) is 19.3 Å². The van der Waals surface area contributed by atoms with E-state index in [4.69, 9.17) is 14.2 Å². The van der Waals surface area contributed by atoms with Gasteiger partial charge in [0.15, 0.2) is 6.10 Å². The molecule has 0 rings (SSSR count). The maximum atomic E-state index is 12.7. The minimum absolute atomic E-state index is 0.0695. The molecule has 6 heteroatoms. The van der Waals surface area contributed by atoms with E-state index < -0.39 is 6.10 Å². The number of ether oxygens (including phenoxy) is 3. The molecule has 0 amide bonds. The van der Waals surface area contributed by atoms with Crippen LogP contribution in [0.5, 0.6) is 0 Å². The number of esters is 3. The smallest absolute Gasteiger partial charge is 0.306 e. The number of hydrogen-bond donors (Lipinski definition) is 0. The van der Waals surface area contributed by atoms with Crippen LogP contribution in [-0.2, 0) is 28.6 Å². The van der Waals surface area contributed by atoms with E-state index >= 15 is 0 Å². The molecule has 0 aliphatic rings. The molecule has 0 heterocycles. The van der Waals surface area contributed by atoms with Crippen molar-refractivity contribution >= 4 is 17.9 Å². The van der Waals surface area contributed by atoms with E-state index in [1.54, 1.807) is 0 Å². The second-order valence-electron chi connectivity index (χ2n) is 21.0. The van der Waals surface area contributed by atoms with Crippen molar-refractivity contribution < 1.29 is 28.6 Å². The normalized spacial score (nSPS) is 12.0. The number of allylic oxidation sites excluding steroid dienone is 2. The molecule has 0 spiro atoms. The van der Waals surface area contributed by atoms with Crippen LogP contribution in [-0.4, -0.2) is 37.2 Å². The third kappa shape index (κ3) is 55.1. The lowest BCUT2D eigenvalue weighted by Crippen LogP contribution is -2.30. The zero-order chi connectivity index (χ0) is 49.3. The van der Waals surface area contributed by atoms with Gasteiger partial charge in [-0.3, -0.25) is 14.4 Å².